The Kier molecular flexibility index (Phi) is 5.55. The minimum Gasteiger partial charge on any atom is -0.399 e. The van der Waals surface area contributed by atoms with Gasteiger partial charge in [-0.1, -0.05) is 29.8 Å². The zero-order valence-electron chi connectivity index (χ0n) is 12.9. The van der Waals surface area contributed by atoms with E-state index in [2.05, 4.69) is 6.92 Å². The van der Waals surface area contributed by atoms with E-state index in [0.29, 0.717) is 22.3 Å². The molecule has 0 aliphatic heterocycles. The Balaban J connectivity index is 0.00000192. The molecule has 5 heteroatoms. The van der Waals surface area contributed by atoms with E-state index in [1.165, 1.54) is 0 Å². The topological polar surface area (TPSA) is 46.3 Å². The molecule has 1 fully saturated rings. The Bertz CT molecular complexity index is 684. The Hall–Kier alpha value is -1.71. The first-order valence-corrected chi connectivity index (χ1v) is 7.88. The van der Waals surface area contributed by atoms with Crippen LogP contribution in [0.15, 0.2) is 48.5 Å². The second kappa shape index (κ2) is 7.24. The lowest BCUT2D eigenvalue weighted by molar-refractivity contribution is 0.0674. The maximum Gasteiger partial charge on any atom is 0.254 e. The van der Waals surface area contributed by atoms with Crippen LogP contribution >= 0.6 is 24.0 Å². The summed E-state index contributed by atoms with van der Waals surface area (Å²) in [5, 5.41) is 0.705. The van der Waals surface area contributed by atoms with Crippen molar-refractivity contribution < 1.29 is 4.79 Å². The number of nitrogens with zero attached hydrogens (tertiary/aromatic N) is 1. The maximum atomic E-state index is 12.9. The average Bonchev–Trinajstić information content (AvgIpc) is 3.32. The van der Waals surface area contributed by atoms with Crippen molar-refractivity contribution in [3.63, 3.8) is 0 Å². The lowest BCUT2D eigenvalue weighted by atomic mass is 10.0. The van der Waals surface area contributed by atoms with Gasteiger partial charge in [0.25, 0.3) is 5.91 Å². The molecule has 0 spiro atoms. The monoisotopic (exact) mass is 350 g/mol. The number of carbonyl (C=O) groups excluding carboxylic acids is 1. The molecule has 23 heavy (non-hydrogen) atoms. The van der Waals surface area contributed by atoms with Crippen molar-refractivity contribution >= 4 is 35.6 Å². The minimum absolute atomic E-state index is 0. The summed E-state index contributed by atoms with van der Waals surface area (Å²) in [6.45, 7) is 2.06. The van der Waals surface area contributed by atoms with Gasteiger partial charge in [-0.2, -0.15) is 0 Å². The molecule has 1 aliphatic rings. The number of nitrogens with two attached hydrogens (primary N) is 1. The van der Waals surface area contributed by atoms with Crippen LogP contribution in [0.2, 0.25) is 5.02 Å². The molecule has 1 saturated carbocycles. The predicted molar refractivity (Wildman–Crippen MR) is 97.2 cm³/mol. The fourth-order valence-electron chi connectivity index (χ4n) is 2.73. The molecule has 2 N–H and O–H groups in total. The van der Waals surface area contributed by atoms with E-state index in [1.54, 1.807) is 12.1 Å². The number of hydrogen-bond acceptors (Lipinski definition) is 2. The highest BCUT2D eigenvalue weighted by atomic mass is 35.5. The van der Waals surface area contributed by atoms with Crippen molar-refractivity contribution in [2.45, 2.75) is 31.8 Å². The van der Waals surface area contributed by atoms with E-state index in [1.807, 2.05) is 41.3 Å². The van der Waals surface area contributed by atoms with Crippen LogP contribution in [0, 0.1) is 0 Å². The molecule has 122 valence electrons. The number of nitrogen functional groups attached to an aromatic ring is 1. The second-order valence-corrected chi connectivity index (χ2v) is 6.23. The van der Waals surface area contributed by atoms with Crippen LogP contribution in [-0.4, -0.2) is 16.8 Å². The van der Waals surface area contributed by atoms with Gasteiger partial charge in [0.05, 0.1) is 6.04 Å². The minimum atomic E-state index is 0. The summed E-state index contributed by atoms with van der Waals surface area (Å²) in [4.78, 5) is 14.9. The standard InChI is InChI=1S/C18H19ClN2O.ClH/c1-12(13-5-7-15(19)8-6-13)21(17-9-10-17)18(22)14-3-2-4-16(20)11-14;/h2-8,11-12,17H,9-10,20H2,1H3;1H. The van der Waals surface area contributed by atoms with Crippen molar-refractivity contribution in [3.05, 3.63) is 64.7 Å². The largest absolute Gasteiger partial charge is 0.399 e. The van der Waals surface area contributed by atoms with Gasteiger partial charge in [0, 0.05) is 22.3 Å². The predicted octanol–water partition coefficient (Wildman–Crippen LogP) is 4.71. The van der Waals surface area contributed by atoms with Crippen molar-refractivity contribution in [2.75, 3.05) is 5.73 Å². The lowest BCUT2D eigenvalue weighted by Gasteiger charge is -2.30. The van der Waals surface area contributed by atoms with Gasteiger partial charge in [0.1, 0.15) is 0 Å². The second-order valence-electron chi connectivity index (χ2n) is 5.80. The number of rotatable bonds is 4. The van der Waals surface area contributed by atoms with Crippen LogP contribution in [0.5, 0.6) is 0 Å². The zero-order chi connectivity index (χ0) is 15.7. The average molecular weight is 351 g/mol. The Morgan fingerprint density at radius 1 is 1.22 bits per heavy atom. The first-order valence-electron chi connectivity index (χ1n) is 7.50. The molecular formula is C18H20Cl2N2O. The molecule has 1 unspecified atom stereocenters. The number of benzene rings is 2. The quantitative estimate of drug-likeness (QED) is 0.811. The molecule has 1 amide bonds. The van der Waals surface area contributed by atoms with E-state index in [9.17, 15) is 4.79 Å². The fraction of sp³-hybridized carbons (Fsp3) is 0.278. The van der Waals surface area contributed by atoms with Crippen LogP contribution in [0.4, 0.5) is 5.69 Å². The molecule has 3 nitrogen and oxygen atoms in total. The lowest BCUT2D eigenvalue weighted by Crippen LogP contribution is -2.35. The van der Waals surface area contributed by atoms with Gasteiger partial charge >= 0.3 is 0 Å². The van der Waals surface area contributed by atoms with Gasteiger partial charge in [0.15, 0.2) is 0 Å². The van der Waals surface area contributed by atoms with E-state index in [-0.39, 0.29) is 24.4 Å². The maximum absolute atomic E-state index is 12.9. The Labute approximate surface area is 147 Å². The van der Waals surface area contributed by atoms with Crippen LogP contribution in [0.1, 0.15) is 41.7 Å². The highest BCUT2D eigenvalue weighted by Gasteiger charge is 2.36. The van der Waals surface area contributed by atoms with Gasteiger partial charge in [-0.05, 0) is 55.7 Å². The molecule has 1 aliphatic carbocycles. The van der Waals surface area contributed by atoms with Gasteiger partial charge < -0.3 is 10.6 Å². The van der Waals surface area contributed by atoms with E-state index < -0.39 is 0 Å². The molecule has 0 heterocycles. The molecule has 3 rings (SSSR count). The summed E-state index contributed by atoms with van der Waals surface area (Å²) in [6.07, 6.45) is 2.12. The molecule has 0 saturated heterocycles. The first kappa shape index (κ1) is 17.6. The summed E-state index contributed by atoms with van der Waals surface area (Å²) >= 11 is 5.95. The molecular weight excluding hydrogens is 331 g/mol. The third-order valence-corrected chi connectivity index (χ3v) is 4.33. The third kappa shape index (κ3) is 3.98. The van der Waals surface area contributed by atoms with Crippen molar-refractivity contribution in [2.24, 2.45) is 0 Å². The van der Waals surface area contributed by atoms with Crippen molar-refractivity contribution in [1.29, 1.82) is 0 Å². The molecule has 2 aromatic rings. The van der Waals surface area contributed by atoms with Crippen LogP contribution in [0.3, 0.4) is 0 Å². The highest BCUT2D eigenvalue weighted by molar-refractivity contribution is 6.30. The summed E-state index contributed by atoms with van der Waals surface area (Å²) in [7, 11) is 0. The van der Waals surface area contributed by atoms with Crippen LogP contribution < -0.4 is 5.73 Å². The normalized spacial score (nSPS) is 14.7. The van der Waals surface area contributed by atoms with Gasteiger partial charge in [-0.15, -0.1) is 12.4 Å². The summed E-state index contributed by atoms with van der Waals surface area (Å²) in [5.41, 5.74) is 8.16. The third-order valence-electron chi connectivity index (χ3n) is 4.08. The van der Waals surface area contributed by atoms with Gasteiger partial charge in [0.2, 0.25) is 0 Å². The smallest absolute Gasteiger partial charge is 0.254 e. The molecule has 0 radical (unpaired) electrons. The van der Waals surface area contributed by atoms with Crippen molar-refractivity contribution in [3.8, 4) is 0 Å². The van der Waals surface area contributed by atoms with Crippen LogP contribution in [-0.2, 0) is 0 Å². The van der Waals surface area contributed by atoms with E-state index in [0.717, 1.165) is 18.4 Å². The zero-order valence-corrected chi connectivity index (χ0v) is 14.5. The molecule has 0 bridgehead atoms. The molecule has 1 atom stereocenters. The number of amides is 1. The highest BCUT2D eigenvalue weighted by Crippen LogP contribution is 2.36. The van der Waals surface area contributed by atoms with Crippen LogP contribution in [0.25, 0.3) is 0 Å². The first-order chi connectivity index (χ1) is 10.6. The molecule has 0 aromatic heterocycles. The van der Waals surface area contributed by atoms with Gasteiger partial charge in [-0.3, -0.25) is 4.79 Å². The fourth-order valence-corrected chi connectivity index (χ4v) is 2.86. The number of hydrogen-bond donors (Lipinski definition) is 1. The SMILES string of the molecule is CC(c1ccc(Cl)cc1)N(C(=O)c1cccc(N)c1)C1CC1.Cl. The van der Waals surface area contributed by atoms with Crippen molar-refractivity contribution in [1.82, 2.24) is 4.90 Å². The number of anilines is 1. The number of carbonyl (C=O) groups is 1. The summed E-state index contributed by atoms with van der Waals surface area (Å²) < 4.78 is 0. The summed E-state index contributed by atoms with van der Waals surface area (Å²) in [5.74, 6) is 0.0391. The van der Waals surface area contributed by atoms with Gasteiger partial charge in [-0.25, -0.2) is 0 Å². The Morgan fingerprint density at radius 2 is 1.87 bits per heavy atom. The number of halogens is 2. The Morgan fingerprint density at radius 3 is 2.43 bits per heavy atom. The summed E-state index contributed by atoms with van der Waals surface area (Å²) in [6, 6.07) is 15.2. The molecule has 2 aromatic carbocycles. The van der Waals surface area contributed by atoms with E-state index in [4.69, 9.17) is 17.3 Å². The van der Waals surface area contributed by atoms with E-state index >= 15 is 0 Å².